The van der Waals surface area contributed by atoms with E-state index in [-0.39, 0.29) is 0 Å². The molecule has 1 aliphatic carbocycles. The number of nitrogens with one attached hydrogen (secondary N) is 2. The molecule has 148 valence electrons. The summed E-state index contributed by atoms with van der Waals surface area (Å²) in [7, 11) is 1.69. The minimum Gasteiger partial charge on any atom is -0.497 e. The van der Waals surface area contributed by atoms with Crippen molar-refractivity contribution in [2.45, 2.75) is 88.4 Å². The number of rotatable bonds is 4. The van der Waals surface area contributed by atoms with Crippen LogP contribution in [-0.4, -0.2) is 41.3 Å². The number of thiocarbonyl (C=S) groups is 1. The van der Waals surface area contributed by atoms with Gasteiger partial charge in [-0.2, -0.15) is 0 Å². The van der Waals surface area contributed by atoms with Gasteiger partial charge in [-0.3, -0.25) is 4.90 Å². The fraction of sp³-hybridized carbons (Fsp3) is 0.682. The normalized spacial score (nSPS) is 29.1. The van der Waals surface area contributed by atoms with Gasteiger partial charge in [-0.15, -0.1) is 0 Å². The highest BCUT2D eigenvalue weighted by molar-refractivity contribution is 7.80. The minimum atomic E-state index is 0.491. The summed E-state index contributed by atoms with van der Waals surface area (Å²) in [6.45, 7) is 0. The standard InChI is InChI=1S/C22H33N3OS/c1-26-21-12-5-7-16(15-21)23-22(27)24-17-13-19-10-6-11-20(14-17)25(19)18-8-3-2-4-9-18/h5,7,12,15,17-20H,2-4,6,8-11,13-14H2,1H3,(H2,23,24,27). The molecule has 3 fully saturated rings. The van der Waals surface area contributed by atoms with Crippen molar-refractivity contribution in [2.24, 2.45) is 0 Å². The third kappa shape index (κ3) is 4.57. The van der Waals surface area contributed by atoms with E-state index in [9.17, 15) is 0 Å². The monoisotopic (exact) mass is 387 g/mol. The van der Waals surface area contributed by atoms with Gasteiger partial charge in [0.25, 0.3) is 0 Å². The lowest BCUT2D eigenvalue weighted by Crippen LogP contribution is -2.60. The Labute approximate surface area is 169 Å². The molecule has 4 rings (SSSR count). The second kappa shape index (κ2) is 8.78. The molecular formula is C22H33N3OS. The lowest BCUT2D eigenvalue weighted by Gasteiger charge is -2.53. The maximum atomic E-state index is 5.61. The van der Waals surface area contributed by atoms with Crippen LogP contribution < -0.4 is 15.4 Å². The Bertz CT molecular complexity index is 632. The number of nitrogens with zero attached hydrogens (tertiary/aromatic N) is 1. The predicted molar refractivity (Wildman–Crippen MR) is 116 cm³/mol. The summed E-state index contributed by atoms with van der Waals surface area (Å²) in [4.78, 5) is 2.93. The van der Waals surface area contributed by atoms with Gasteiger partial charge in [-0.05, 0) is 62.9 Å². The molecule has 1 aromatic carbocycles. The lowest BCUT2D eigenvalue weighted by molar-refractivity contribution is -0.0195. The molecule has 0 spiro atoms. The van der Waals surface area contributed by atoms with E-state index in [1.165, 1.54) is 64.2 Å². The van der Waals surface area contributed by atoms with E-state index in [2.05, 4.69) is 15.5 Å². The molecule has 2 heterocycles. The summed E-state index contributed by atoms with van der Waals surface area (Å²) < 4.78 is 5.30. The van der Waals surface area contributed by atoms with Crippen LogP contribution in [0.1, 0.15) is 64.2 Å². The lowest BCUT2D eigenvalue weighted by atomic mass is 9.78. The minimum absolute atomic E-state index is 0.491. The largest absolute Gasteiger partial charge is 0.497 e. The second-order valence-corrected chi connectivity index (χ2v) is 8.88. The summed E-state index contributed by atoms with van der Waals surface area (Å²) in [6, 6.07) is 10.8. The fourth-order valence-corrected chi connectivity index (χ4v) is 5.85. The quantitative estimate of drug-likeness (QED) is 0.733. The number of ether oxygens (including phenoxy) is 1. The van der Waals surface area contributed by atoms with Gasteiger partial charge < -0.3 is 15.4 Å². The number of hydrogen-bond acceptors (Lipinski definition) is 3. The van der Waals surface area contributed by atoms with Crippen LogP contribution in [0.5, 0.6) is 5.75 Å². The molecule has 2 atom stereocenters. The zero-order chi connectivity index (χ0) is 18.6. The molecule has 2 aliphatic heterocycles. The highest BCUT2D eigenvalue weighted by Gasteiger charge is 2.41. The Morgan fingerprint density at radius 1 is 1.00 bits per heavy atom. The fourth-order valence-electron chi connectivity index (χ4n) is 5.56. The smallest absolute Gasteiger partial charge is 0.170 e. The third-order valence-electron chi connectivity index (χ3n) is 6.69. The van der Waals surface area contributed by atoms with Gasteiger partial charge in [0.05, 0.1) is 7.11 Å². The maximum Gasteiger partial charge on any atom is 0.170 e. The SMILES string of the molecule is COc1cccc(NC(=S)NC2CC3CCCC(C2)N3C2CCCCC2)c1. The molecule has 4 nitrogen and oxygen atoms in total. The van der Waals surface area contributed by atoms with Crippen LogP contribution in [0.2, 0.25) is 0 Å². The third-order valence-corrected chi connectivity index (χ3v) is 6.91. The summed E-state index contributed by atoms with van der Waals surface area (Å²) in [5.41, 5.74) is 0.978. The molecule has 2 saturated heterocycles. The Kier molecular flexibility index (Phi) is 6.18. The molecule has 0 radical (unpaired) electrons. The Morgan fingerprint density at radius 3 is 2.41 bits per heavy atom. The second-order valence-electron chi connectivity index (χ2n) is 8.48. The van der Waals surface area contributed by atoms with Crippen molar-refractivity contribution in [1.82, 2.24) is 10.2 Å². The zero-order valence-corrected chi connectivity index (χ0v) is 17.3. The Morgan fingerprint density at radius 2 is 1.70 bits per heavy atom. The summed E-state index contributed by atoms with van der Waals surface area (Å²) in [6.07, 6.45) is 13.7. The topological polar surface area (TPSA) is 36.5 Å². The van der Waals surface area contributed by atoms with E-state index >= 15 is 0 Å². The molecule has 3 aliphatic rings. The van der Waals surface area contributed by atoms with Crippen molar-refractivity contribution in [3.8, 4) is 5.75 Å². The van der Waals surface area contributed by atoms with Crippen molar-refractivity contribution >= 4 is 23.0 Å². The van der Waals surface area contributed by atoms with E-state index in [1.54, 1.807) is 7.11 Å². The van der Waals surface area contributed by atoms with Gasteiger partial charge >= 0.3 is 0 Å². The molecule has 0 amide bonds. The van der Waals surface area contributed by atoms with E-state index in [1.807, 2.05) is 24.3 Å². The maximum absolute atomic E-state index is 5.61. The number of benzene rings is 1. The van der Waals surface area contributed by atoms with Crippen molar-refractivity contribution < 1.29 is 4.74 Å². The van der Waals surface area contributed by atoms with E-state index in [0.29, 0.717) is 6.04 Å². The zero-order valence-electron chi connectivity index (χ0n) is 16.5. The first-order valence-corrected chi connectivity index (χ1v) is 11.1. The van der Waals surface area contributed by atoms with Gasteiger partial charge in [-0.1, -0.05) is 31.7 Å². The first-order chi connectivity index (χ1) is 13.2. The summed E-state index contributed by atoms with van der Waals surface area (Å²) in [5.74, 6) is 0.845. The average molecular weight is 388 g/mol. The molecule has 1 saturated carbocycles. The average Bonchev–Trinajstić information content (AvgIpc) is 2.68. The number of piperidine rings is 2. The van der Waals surface area contributed by atoms with Gasteiger partial charge in [0.2, 0.25) is 0 Å². The van der Waals surface area contributed by atoms with Crippen LogP contribution in [-0.2, 0) is 0 Å². The highest BCUT2D eigenvalue weighted by atomic mass is 32.1. The van der Waals surface area contributed by atoms with Crippen LogP contribution >= 0.6 is 12.2 Å². The first kappa shape index (κ1) is 19.0. The van der Waals surface area contributed by atoms with E-state index < -0.39 is 0 Å². The summed E-state index contributed by atoms with van der Waals surface area (Å²) in [5, 5.41) is 7.67. The number of fused-ring (bicyclic) bond motifs is 2. The molecule has 0 aromatic heterocycles. The molecular weight excluding hydrogens is 354 g/mol. The summed E-state index contributed by atoms with van der Waals surface area (Å²) >= 11 is 5.61. The van der Waals surface area contributed by atoms with Crippen LogP contribution in [0.4, 0.5) is 5.69 Å². The van der Waals surface area contributed by atoms with Crippen LogP contribution in [0.15, 0.2) is 24.3 Å². The van der Waals surface area contributed by atoms with Gasteiger partial charge in [0.15, 0.2) is 5.11 Å². The van der Waals surface area contributed by atoms with Gasteiger partial charge in [0.1, 0.15) is 5.75 Å². The first-order valence-electron chi connectivity index (χ1n) is 10.7. The predicted octanol–water partition coefficient (Wildman–Crippen LogP) is 4.70. The molecule has 1 aromatic rings. The van der Waals surface area contributed by atoms with Crippen molar-refractivity contribution in [1.29, 1.82) is 0 Å². The van der Waals surface area contributed by atoms with Gasteiger partial charge in [0, 0.05) is 35.9 Å². The molecule has 2 bridgehead atoms. The number of hydrogen-bond donors (Lipinski definition) is 2. The number of anilines is 1. The van der Waals surface area contributed by atoms with Crippen LogP contribution in [0.3, 0.4) is 0 Å². The van der Waals surface area contributed by atoms with E-state index in [4.69, 9.17) is 17.0 Å². The van der Waals surface area contributed by atoms with Crippen LogP contribution in [0, 0.1) is 0 Å². The molecule has 2 unspecified atom stereocenters. The number of methoxy groups -OCH3 is 1. The highest BCUT2D eigenvalue weighted by Crippen LogP contribution is 2.39. The van der Waals surface area contributed by atoms with Crippen LogP contribution in [0.25, 0.3) is 0 Å². The van der Waals surface area contributed by atoms with Crippen molar-refractivity contribution in [3.05, 3.63) is 24.3 Å². The molecule has 2 N–H and O–H groups in total. The van der Waals surface area contributed by atoms with Crippen molar-refractivity contribution in [3.63, 3.8) is 0 Å². The van der Waals surface area contributed by atoms with Gasteiger partial charge in [-0.25, -0.2) is 0 Å². The molecule has 27 heavy (non-hydrogen) atoms. The Hall–Kier alpha value is -1.33. The molecule has 5 heteroatoms. The van der Waals surface area contributed by atoms with E-state index in [0.717, 1.165) is 34.7 Å². The Balaban J connectivity index is 1.34. The van der Waals surface area contributed by atoms with Crippen molar-refractivity contribution in [2.75, 3.05) is 12.4 Å².